The zero-order valence-electron chi connectivity index (χ0n) is 10.5. The Morgan fingerprint density at radius 1 is 1.25 bits per heavy atom. The summed E-state index contributed by atoms with van der Waals surface area (Å²) in [5.74, 6) is 0.935. The summed E-state index contributed by atoms with van der Waals surface area (Å²) < 4.78 is 7.53. The van der Waals surface area contributed by atoms with E-state index < -0.39 is 0 Å². The van der Waals surface area contributed by atoms with Gasteiger partial charge in [-0.25, -0.2) is 4.58 Å². The average molecular weight is 331 g/mol. The molecule has 0 radical (unpaired) electrons. The molecule has 0 aliphatic carbocycles. The molecule has 3 heteroatoms. The van der Waals surface area contributed by atoms with Gasteiger partial charge < -0.3 is 28.7 Å². The molecule has 0 N–H and O–H groups in total. The van der Waals surface area contributed by atoms with Crippen LogP contribution in [0.2, 0.25) is 0 Å². The molecule has 0 bridgehead atoms. The van der Waals surface area contributed by atoms with Crippen molar-refractivity contribution in [1.29, 1.82) is 0 Å². The minimum atomic E-state index is 0. The zero-order chi connectivity index (χ0) is 11.2. The quantitative estimate of drug-likeness (QED) is 0.510. The molecule has 0 fully saturated rings. The van der Waals surface area contributed by atoms with E-state index in [1.54, 1.807) is 7.11 Å². The second kappa shape index (κ2) is 4.35. The summed E-state index contributed by atoms with van der Waals surface area (Å²) in [6.07, 6.45) is 0. The number of hydrogen-bond donors (Lipinski definition) is 0. The lowest BCUT2D eigenvalue weighted by Gasteiger charge is -2.15. The number of rotatable bonds is 1. The van der Waals surface area contributed by atoms with E-state index in [2.05, 4.69) is 44.5 Å². The van der Waals surface area contributed by atoms with Crippen LogP contribution in [0.4, 0.5) is 5.69 Å². The largest absolute Gasteiger partial charge is 1.00 e. The molecule has 0 atom stereocenters. The van der Waals surface area contributed by atoms with Crippen molar-refractivity contribution in [3.63, 3.8) is 0 Å². The molecule has 1 aromatic carbocycles. The van der Waals surface area contributed by atoms with Crippen molar-refractivity contribution in [3.05, 3.63) is 23.8 Å². The maximum atomic E-state index is 5.28. The van der Waals surface area contributed by atoms with Gasteiger partial charge in [0.15, 0.2) is 5.71 Å². The molecule has 0 saturated carbocycles. The van der Waals surface area contributed by atoms with Gasteiger partial charge in [-0.3, -0.25) is 0 Å². The van der Waals surface area contributed by atoms with Crippen LogP contribution in [0.3, 0.4) is 0 Å². The lowest BCUT2D eigenvalue weighted by Crippen LogP contribution is -3.00. The van der Waals surface area contributed by atoms with Crippen molar-refractivity contribution < 1.29 is 33.3 Å². The monoisotopic (exact) mass is 331 g/mol. The zero-order valence-corrected chi connectivity index (χ0v) is 12.6. The molecule has 1 aromatic rings. The van der Waals surface area contributed by atoms with E-state index in [1.165, 1.54) is 17.0 Å². The minimum Gasteiger partial charge on any atom is -1.00 e. The average Bonchev–Trinajstić information content (AvgIpc) is 2.40. The lowest BCUT2D eigenvalue weighted by molar-refractivity contribution is -0.403. The van der Waals surface area contributed by atoms with E-state index in [9.17, 15) is 0 Å². The molecule has 0 saturated heterocycles. The van der Waals surface area contributed by atoms with Gasteiger partial charge in [-0.1, -0.05) is 0 Å². The van der Waals surface area contributed by atoms with Crippen molar-refractivity contribution in [2.45, 2.75) is 26.2 Å². The van der Waals surface area contributed by atoms with E-state index in [0.717, 1.165) is 5.75 Å². The molecule has 1 aliphatic heterocycles. The van der Waals surface area contributed by atoms with Crippen LogP contribution < -0.4 is 28.7 Å². The Morgan fingerprint density at radius 2 is 1.88 bits per heavy atom. The molecule has 0 unspecified atom stereocenters. The van der Waals surface area contributed by atoms with Gasteiger partial charge in [-0.15, -0.1) is 0 Å². The van der Waals surface area contributed by atoms with E-state index >= 15 is 0 Å². The first-order valence-corrected chi connectivity index (χ1v) is 5.24. The van der Waals surface area contributed by atoms with Gasteiger partial charge in [-0.05, 0) is 26.0 Å². The number of halogens is 1. The highest BCUT2D eigenvalue weighted by Crippen LogP contribution is 2.40. The van der Waals surface area contributed by atoms with Crippen LogP contribution in [0.15, 0.2) is 18.2 Å². The fourth-order valence-electron chi connectivity index (χ4n) is 2.23. The van der Waals surface area contributed by atoms with Crippen LogP contribution in [0.1, 0.15) is 26.3 Å². The van der Waals surface area contributed by atoms with E-state index in [-0.39, 0.29) is 29.4 Å². The highest BCUT2D eigenvalue weighted by molar-refractivity contribution is 5.93. The van der Waals surface area contributed by atoms with Crippen molar-refractivity contribution in [1.82, 2.24) is 0 Å². The summed E-state index contributed by atoms with van der Waals surface area (Å²) in [6.45, 7) is 6.70. The summed E-state index contributed by atoms with van der Waals surface area (Å²) in [6, 6.07) is 6.29. The number of benzene rings is 1. The molecule has 1 aliphatic rings. The molecule has 2 rings (SSSR count). The Labute approximate surface area is 114 Å². The smallest absolute Gasteiger partial charge is 0.209 e. The van der Waals surface area contributed by atoms with Crippen LogP contribution >= 0.6 is 0 Å². The Bertz CT molecular complexity index is 449. The second-order valence-corrected chi connectivity index (χ2v) is 4.65. The molecular weight excluding hydrogens is 313 g/mol. The topological polar surface area (TPSA) is 12.2 Å². The van der Waals surface area contributed by atoms with Crippen molar-refractivity contribution >= 4 is 11.4 Å². The van der Waals surface area contributed by atoms with Crippen LogP contribution in [-0.2, 0) is 5.41 Å². The Kier molecular flexibility index (Phi) is 3.67. The molecule has 2 nitrogen and oxygen atoms in total. The number of ether oxygens (including phenoxy) is 1. The third kappa shape index (κ3) is 1.75. The van der Waals surface area contributed by atoms with Gasteiger partial charge >= 0.3 is 0 Å². The van der Waals surface area contributed by atoms with Crippen molar-refractivity contribution in [2.75, 3.05) is 14.2 Å². The van der Waals surface area contributed by atoms with Gasteiger partial charge in [0, 0.05) is 18.6 Å². The van der Waals surface area contributed by atoms with Gasteiger partial charge in [0.1, 0.15) is 12.8 Å². The highest BCUT2D eigenvalue weighted by Gasteiger charge is 2.41. The molecule has 0 spiro atoms. The first kappa shape index (κ1) is 13.5. The number of fused-ring (bicyclic) bond motifs is 1. The summed E-state index contributed by atoms with van der Waals surface area (Å²) in [5.41, 5.74) is 4.13. The number of nitrogens with zero attached hydrogens (tertiary/aromatic N) is 1. The molecule has 88 valence electrons. The van der Waals surface area contributed by atoms with E-state index in [1.807, 2.05) is 6.07 Å². The summed E-state index contributed by atoms with van der Waals surface area (Å²) in [7, 11) is 3.83. The predicted octanol–water partition coefficient (Wildman–Crippen LogP) is -0.275. The first-order chi connectivity index (χ1) is 6.98. The Balaban J connectivity index is 0.00000128. The molecular formula is C13H18INO. The second-order valence-electron chi connectivity index (χ2n) is 4.65. The van der Waals surface area contributed by atoms with Crippen molar-refractivity contribution in [2.24, 2.45) is 0 Å². The summed E-state index contributed by atoms with van der Waals surface area (Å²) in [4.78, 5) is 0. The fourth-order valence-corrected chi connectivity index (χ4v) is 2.23. The summed E-state index contributed by atoms with van der Waals surface area (Å²) >= 11 is 0. The predicted molar refractivity (Wildman–Crippen MR) is 62.5 cm³/mol. The standard InChI is InChI=1S/C13H18NO.HI/c1-9-13(2,3)11-8-10(15-5)6-7-12(11)14(9)4;/h6-8H,1-5H3;1H/q+1;/p-1. The molecule has 16 heavy (non-hydrogen) atoms. The maximum absolute atomic E-state index is 5.28. The van der Waals surface area contributed by atoms with E-state index in [0.29, 0.717) is 0 Å². The van der Waals surface area contributed by atoms with Crippen LogP contribution in [0.25, 0.3) is 0 Å². The van der Waals surface area contributed by atoms with Crippen LogP contribution in [0.5, 0.6) is 5.75 Å². The normalized spacial score (nSPS) is 16.8. The first-order valence-electron chi connectivity index (χ1n) is 5.24. The van der Waals surface area contributed by atoms with Gasteiger partial charge in [0.05, 0.1) is 12.5 Å². The third-order valence-electron chi connectivity index (χ3n) is 3.65. The maximum Gasteiger partial charge on any atom is 0.209 e. The lowest BCUT2D eigenvalue weighted by atomic mass is 9.82. The number of methoxy groups -OCH3 is 1. The third-order valence-corrected chi connectivity index (χ3v) is 3.65. The SMILES string of the molecule is COc1ccc2c(c1)C(C)(C)C(C)=[N+]2C.[I-]. The van der Waals surface area contributed by atoms with Gasteiger partial charge in [-0.2, -0.15) is 0 Å². The minimum absolute atomic E-state index is 0. The molecule has 1 heterocycles. The molecule has 0 amide bonds. The Hall–Kier alpha value is -0.580. The van der Waals surface area contributed by atoms with E-state index in [4.69, 9.17) is 4.74 Å². The van der Waals surface area contributed by atoms with Crippen LogP contribution in [-0.4, -0.2) is 24.4 Å². The van der Waals surface area contributed by atoms with Crippen molar-refractivity contribution in [3.8, 4) is 5.75 Å². The van der Waals surface area contributed by atoms with Gasteiger partial charge in [0.25, 0.3) is 0 Å². The van der Waals surface area contributed by atoms with Crippen LogP contribution in [0, 0.1) is 0 Å². The Morgan fingerprint density at radius 3 is 2.44 bits per heavy atom. The number of hydrogen-bond acceptors (Lipinski definition) is 1. The summed E-state index contributed by atoms with van der Waals surface area (Å²) in [5, 5.41) is 0. The molecule has 0 aromatic heterocycles. The highest BCUT2D eigenvalue weighted by atomic mass is 127. The fraction of sp³-hybridized carbons (Fsp3) is 0.462. The van der Waals surface area contributed by atoms with Gasteiger partial charge in [0.2, 0.25) is 5.69 Å².